The van der Waals surface area contributed by atoms with Gasteiger partial charge in [0.05, 0.1) is 3.79 Å². The molecule has 1 aromatic heterocycles. The van der Waals surface area contributed by atoms with Crippen LogP contribution < -0.4 is 10.6 Å². The molecule has 0 spiro atoms. The van der Waals surface area contributed by atoms with E-state index >= 15 is 0 Å². The maximum atomic E-state index is 10.7. The van der Waals surface area contributed by atoms with E-state index in [0.29, 0.717) is 6.54 Å². The molecule has 5 heteroatoms. The van der Waals surface area contributed by atoms with Crippen molar-refractivity contribution < 1.29 is 0 Å². The van der Waals surface area contributed by atoms with Crippen molar-refractivity contribution in [3.8, 4) is 0 Å². The highest BCUT2D eigenvalue weighted by atomic mass is 79.9. The smallest absolute Gasteiger partial charge is 0.305 e. The molecule has 0 aliphatic rings. The third-order valence-corrected chi connectivity index (χ3v) is 2.74. The van der Waals surface area contributed by atoms with Crippen molar-refractivity contribution in [1.29, 1.82) is 0 Å². The predicted octanol–water partition coefficient (Wildman–Crippen LogP) is 0.700. The first-order valence-corrected chi connectivity index (χ1v) is 4.42. The number of hydrogen-bond donors (Lipinski definition) is 2. The van der Waals surface area contributed by atoms with Gasteiger partial charge in [0.25, 0.3) is 0 Å². The monoisotopic (exact) mass is 222 g/mol. The van der Waals surface area contributed by atoms with Crippen molar-refractivity contribution in [3.63, 3.8) is 0 Å². The van der Waals surface area contributed by atoms with E-state index in [4.69, 9.17) is 5.73 Å². The van der Waals surface area contributed by atoms with Gasteiger partial charge in [-0.3, -0.25) is 4.79 Å². The molecule has 0 aliphatic carbocycles. The Morgan fingerprint density at radius 3 is 2.80 bits per heavy atom. The molecule has 0 unspecified atom stereocenters. The molecule has 0 atom stereocenters. The molecule has 3 nitrogen and oxygen atoms in total. The molecule has 0 radical (unpaired) electrons. The van der Waals surface area contributed by atoms with Crippen molar-refractivity contribution in [2.75, 3.05) is 6.54 Å². The number of aromatic nitrogens is 1. The van der Waals surface area contributed by atoms with E-state index in [1.807, 2.05) is 0 Å². The average molecular weight is 223 g/mol. The summed E-state index contributed by atoms with van der Waals surface area (Å²) in [6.07, 6.45) is 0.722. The van der Waals surface area contributed by atoms with Gasteiger partial charge in [-0.25, -0.2) is 0 Å². The van der Waals surface area contributed by atoms with Gasteiger partial charge in [-0.15, -0.1) is 0 Å². The van der Waals surface area contributed by atoms with Gasteiger partial charge in [0.15, 0.2) is 0 Å². The van der Waals surface area contributed by atoms with Crippen molar-refractivity contribution >= 4 is 27.3 Å². The van der Waals surface area contributed by atoms with Gasteiger partial charge in [-0.05, 0) is 22.5 Å². The van der Waals surface area contributed by atoms with Crippen LogP contribution in [0, 0.1) is 0 Å². The largest absolute Gasteiger partial charge is 0.330 e. The Bertz CT molecular complexity index is 267. The van der Waals surface area contributed by atoms with Crippen LogP contribution in [-0.4, -0.2) is 11.5 Å². The van der Waals surface area contributed by atoms with E-state index < -0.39 is 0 Å². The van der Waals surface area contributed by atoms with E-state index in [9.17, 15) is 4.79 Å². The SMILES string of the molecule is NCCc1[nH]c(=O)sc1Br. The summed E-state index contributed by atoms with van der Waals surface area (Å²) >= 11 is 4.41. The van der Waals surface area contributed by atoms with Gasteiger partial charge < -0.3 is 10.7 Å². The highest BCUT2D eigenvalue weighted by molar-refractivity contribution is 9.11. The van der Waals surface area contributed by atoms with Crippen LogP contribution in [0.25, 0.3) is 0 Å². The van der Waals surface area contributed by atoms with E-state index in [1.165, 1.54) is 0 Å². The van der Waals surface area contributed by atoms with Gasteiger partial charge in [0, 0.05) is 12.1 Å². The second kappa shape index (κ2) is 3.32. The van der Waals surface area contributed by atoms with E-state index in [0.717, 1.165) is 27.2 Å². The normalized spacial score (nSPS) is 10.2. The van der Waals surface area contributed by atoms with Gasteiger partial charge >= 0.3 is 4.87 Å². The first kappa shape index (κ1) is 7.97. The maximum Gasteiger partial charge on any atom is 0.305 e. The van der Waals surface area contributed by atoms with Crippen LogP contribution >= 0.6 is 27.3 Å². The second-order valence-corrected chi connectivity index (χ2v) is 4.11. The number of thiazole rings is 1. The van der Waals surface area contributed by atoms with Crippen molar-refractivity contribution in [2.24, 2.45) is 5.73 Å². The van der Waals surface area contributed by atoms with Crippen molar-refractivity contribution in [2.45, 2.75) is 6.42 Å². The predicted molar refractivity (Wildman–Crippen MR) is 45.4 cm³/mol. The number of nitrogens with two attached hydrogens (primary N) is 1. The Labute approximate surface area is 70.4 Å². The molecule has 56 valence electrons. The molecule has 0 fully saturated rings. The minimum absolute atomic E-state index is 0.0321. The molecule has 0 amide bonds. The summed E-state index contributed by atoms with van der Waals surface area (Å²) in [6.45, 7) is 0.561. The maximum absolute atomic E-state index is 10.7. The zero-order valence-corrected chi connectivity index (χ0v) is 7.59. The third kappa shape index (κ3) is 1.68. The van der Waals surface area contributed by atoms with Crippen LogP contribution in [-0.2, 0) is 6.42 Å². The number of H-pyrrole nitrogens is 1. The van der Waals surface area contributed by atoms with Gasteiger partial charge in [-0.1, -0.05) is 11.3 Å². The first-order chi connectivity index (χ1) is 4.74. The van der Waals surface area contributed by atoms with Crippen LogP contribution in [0.1, 0.15) is 5.69 Å². The Kier molecular flexibility index (Phi) is 2.64. The number of halogens is 1. The van der Waals surface area contributed by atoms with Gasteiger partial charge in [0.1, 0.15) is 0 Å². The number of aromatic amines is 1. The topological polar surface area (TPSA) is 58.9 Å². The zero-order valence-electron chi connectivity index (χ0n) is 5.19. The van der Waals surface area contributed by atoms with Crippen molar-refractivity contribution in [1.82, 2.24) is 4.98 Å². The Hall–Kier alpha value is -0.130. The number of rotatable bonds is 2. The summed E-state index contributed by atoms with van der Waals surface area (Å²) in [6, 6.07) is 0. The lowest BCUT2D eigenvalue weighted by molar-refractivity contribution is 0.925. The Morgan fingerprint density at radius 1 is 1.70 bits per heavy atom. The standard InChI is InChI=1S/C5H7BrN2OS/c6-4-3(1-2-7)8-5(9)10-4/h1-2,7H2,(H,8,9). The summed E-state index contributed by atoms with van der Waals surface area (Å²) in [5, 5.41) is 0. The van der Waals surface area contributed by atoms with Crippen LogP contribution in [0.4, 0.5) is 0 Å². The van der Waals surface area contributed by atoms with Gasteiger partial charge in [-0.2, -0.15) is 0 Å². The van der Waals surface area contributed by atoms with Crippen LogP contribution in [0.3, 0.4) is 0 Å². The van der Waals surface area contributed by atoms with Crippen LogP contribution in [0.15, 0.2) is 8.58 Å². The molecular formula is C5H7BrN2OS. The molecule has 0 saturated carbocycles. The van der Waals surface area contributed by atoms with Crippen LogP contribution in [0.5, 0.6) is 0 Å². The summed E-state index contributed by atoms with van der Waals surface area (Å²) in [7, 11) is 0. The number of hydrogen-bond acceptors (Lipinski definition) is 3. The summed E-state index contributed by atoms with van der Waals surface area (Å²) in [5.41, 5.74) is 6.20. The number of nitrogens with one attached hydrogen (secondary N) is 1. The highest BCUT2D eigenvalue weighted by Crippen LogP contribution is 2.16. The van der Waals surface area contributed by atoms with Crippen molar-refractivity contribution in [3.05, 3.63) is 19.1 Å². The average Bonchev–Trinajstić information content (AvgIpc) is 2.13. The summed E-state index contributed by atoms with van der Waals surface area (Å²) in [5.74, 6) is 0. The lowest BCUT2D eigenvalue weighted by atomic mass is 10.3. The molecule has 0 bridgehead atoms. The molecule has 10 heavy (non-hydrogen) atoms. The van der Waals surface area contributed by atoms with E-state index in [-0.39, 0.29) is 4.87 Å². The summed E-state index contributed by atoms with van der Waals surface area (Å²) in [4.78, 5) is 13.3. The van der Waals surface area contributed by atoms with E-state index in [2.05, 4.69) is 20.9 Å². The minimum Gasteiger partial charge on any atom is -0.330 e. The Morgan fingerprint density at radius 2 is 2.40 bits per heavy atom. The summed E-state index contributed by atoms with van der Waals surface area (Å²) < 4.78 is 0.864. The molecule has 3 N–H and O–H groups in total. The van der Waals surface area contributed by atoms with E-state index in [1.54, 1.807) is 0 Å². The lowest BCUT2D eigenvalue weighted by Crippen LogP contribution is -2.05. The third-order valence-electron chi connectivity index (χ3n) is 1.07. The molecule has 1 rings (SSSR count). The lowest BCUT2D eigenvalue weighted by Gasteiger charge is -1.90. The first-order valence-electron chi connectivity index (χ1n) is 2.81. The molecule has 1 aromatic rings. The molecule has 1 heterocycles. The fourth-order valence-corrected chi connectivity index (χ4v) is 2.00. The minimum atomic E-state index is -0.0321. The molecule has 0 saturated heterocycles. The second-order valence-electron chi connectivity index (χ2n) is 1.81. The fourth-order valence-electron chi connectivity index (χ4n) is 0.646. The quantitative estimate of drug-likeness (QED) is 0.775. The Balaban J connectivity index is 2.92. The highest BCUT2D eigenvalue weighted by Gasteiger charge is 2.02. The van der Waals surface area contributed by atoms with Crippen LogP contribution in [0.2, 0.25) is 0 Å². The molecule has 0 aliphatic heterocycles. The molecular weight excluding hydrogens is 216 g/mol. The molecule has 0 aromatic carbocycles. The zero-order chi connectivity index (χ0) is 7.56. The fraction of sp³-hybridized carbons (Fsp3) is 0.400. The van der Waals surface area contributed by atoms with Gasteiger partial charge in [0.2, 0.25) is 0 Å².